The summed E-state index contributed by atoms with van der Waals surface area (Å²) in [6.07, 6.45) is 6.24. The van der Waals surface area contributed by atoms with E-state index in [0.717, 1.165) is 0 Å². The van der Waals surface area contributed by atoms with Crippen LogP contribution >= 0.6 is 0 Å². The van der Waals surface area contributed by atoms with Crippen LogP contribution in [0.4, 0.5) is 11.4 Å². The lowest BCUT2D eigenvalue weighted by atomic mass is 9.75. The van der Waals surface area contributed by atoms with Crippen LogP contribution in [0.2, 0.25) is 0 Å². The van der Waals surface area contributed by atoms with Crippen LogP contribution in [0.1, 0.15) is 5.56 Å². The first-order valence-electron chi connectivity index (χ1n) is 7.86. The van der Waals surface area contributed by atoms with Crippen molar-refractivity contribution in [1.29, 1.82) is 0 Å². The molecule has 0 bridgehead atoms. The molecule has 0 aliphatic heterocycles. The average molecular weight is 334 g/mol. The van der Waals surface area contributed by atoms with E-state index in [1.165, 1.54) is 12.2 Å². The molecule has 0 saturated heterocycles. The number of para-hydroxylation sites is 2. The van der Waals surface area contributed by atoms with Crippen LogP contribution in [-0.4, -0.2) is 17.0 Å². The van der Waals surface area contributed by atoms with E-state index in [2.05, 4.69) is 5.32 Å². The third-order valence-corrected chi connectivity index (χ3v) is 4.24. The van der Waals surface area contributed by atoms with Gasteiger partial charge in [0, 0.05) is 11.4 Å². The summed E-state index contributed by atoms with van der Waals surface area (Å²) in [4.78, 5) is 24.3. The molecule has 3 rings (SSSR count). The van der Waals surface area contributed by atoms with Gasteiger partial charge >= 0.3 is 5.97 Å². The van der Waals surface area contributed by atoms with Gasteiger partial charge in [0.15, 0.2) is 0 Å². The summed E-state index contributed by atoms with van der Waals surface area (Å²) in [6, 6.07) is 15.9. The number of carboxylic acid groups (broad SMARTS) is 1. The predicted octanol–water partition coefficient (Wildman–Crippen LogP) is 2.97. The minimum absolute atomic E-state index is 0.223. The first kappa shape index (κ1) is 16.5. The van der Waals surface area contributed by atoms with Gasteiger partial charge in [0.2, 0.25) is 5.91 Å². The standard InChI is InChI=1S/C20H18N2O3/c21-17-9-5-4-8-16(17)20(19(24)25)12-10-14(11-13-20)18(23)22-15-6-2-1-3-7-15/h1-14H,21H2,(H,22,23)(H,24,25). The van der Waals surface area contributed by atoms with Gasteiger partial charge in [-0.15, -0.1) is 0 Å². The van der Waals surface area contributed by atoms with E-state index in [4.69, 9.17) is 5.73 Å². The average Bonchev–Trinajstić information content (AvgIpc) is 2.63. The normalized spacial score (nSPS) is 21.7. The number of nitrogen functional groups attached to an aromatic ring is 1. The van der Waals surface area contributed by atoms with Gasteiger partial charge in [0.05, 0.1) is 5.92 Å². The molecule has 0 unspecified atom stereocenters. The van der Waals surface area contributed by atoms with E-state index < -0.39 is 17.3 Å². The number of hydrogen-bond donors (Lipinski definition) is 3. The van der Waals surface area contributed by atoms with Gasteiger partial charge in [-0.2, -0.15) is 0 Å². The number of amides is 1. The third-order valence-electron chi connectivity index (χ3n) is 4.24. The van der Waals surface area contributed by atoms with E-state index in [-0.39, 0.29) is 5.91 Å². The van der Waals surface area contributed by atoms with Gasteiger partial charge < -0.3 is 16.2 Å². The zero-order valence-corrected chi connectivity index (χ0v) is 13.4. The Morgan fingerprint density at radius 1 is 0.960 bits per heavy atom. The maximum atomic E-state index is 12.4. The van der Waals surface area contributed by atoms with Crippen LogP contribution in [0.15, 0.2) is 78.9 Å². The molecule has 126 valence electrons. The maximum Gasteiger partial charge on any atom is 0.322 e. The molecule has 0 spiro atoms. The van der Waals surface area contributed by atoms with E-state index in [9.17, 15) is 14.7 Å². The molecule has 0 atom stereocenters. The Hall–Kier alpha value is -3.34. The van der Waals surface area contributed by atoms with Crippen molar-refractivity contribution in [2.75, 3.05) is 11.1 Å². The van der Waals surface area contributed by atoms with Crippen LogP contribution in [0, 0.1) is 5.92 Å². The fourth-order valence-electron chi connectivity index (χ4n) is 2.86. The quantitative estimate of drug-likeness (QED) is 0.592. The van der Waals surface area contributed by atoms with Crippen molar-refractivity contribution in [3.8, 4) is 0 Å². The fraction of sp³-hybridized carbons (Fsp3) is 0.100. The van der Waals surface area contributed by atoms with Gasteiger partial charge in [-0.1, -0.05) is 60.7 Å². The highest BCUT2D eigenvalue weighted by atomic mass is 16.4. The second-order valence-electron chi connectivity index (χ2n) is 5.86. The molecule has 2 aromatic carbocycles. The van der Waals surface area contributed by atoms with Crippen molar-refractivity contribution < 1.29 is 14.7 Å². The Morgan fingerprint density at radius 3 is 2.16 bits per heavy atom. The van der Waals surface area contributed by atoms with Gasteiger partial charge in [-0.3, -0.25) is 9.59 Å². The van der Waals surface area contributed by atoms with Gasteiger partial charge in [0.25, 0.3) is 0 Å². The molecule has 0 heterocycles. The Morgan fingerprint density at radius 2 is 1.56 bits per heavy atom. The molecule has 5 heteroatoms. The van der Waals surface area contributed by atoms with Crippen molar-refractivity contribution in [3.63, 3.8) is 0 Å². The molecular formula is C20H18N2O3. The van der Waals surface area contributed by atoms with Crippen molar-refractivity contribution in [2.24, 2.45) is 5.92 Å². The summed E-state index contributed by atoms with van der Waals surface area (Å²) in [5, 5.41) is 12.6. The summed E-state index contributed by atoms with van der Waals surface area (Å²) < 4.78 is 0. The molecule has 0 saturated carbocycles. The van der Waals surface area contributed by atoms with Gasteiger partial charge in [-0.05, 0) is 23.8 Å². The number of rotatable bonds is 4. The van der Waals surface area contributed by atoms with E-state index in [1.54, 1.807) is 48.6 Å². The molecule has 5 nitrogen and oxygen atoms in total. The van der Waals surface area contributed by atoms with Crippen molar-refractivity contribution >= 4 is 23.3 Å². The number of aliphatic carboxylic acids is 1. The zero-order valence-electron chi connectivity index (χ0n) is 13.4. The number of carbonyl (C=O) groups is 2. The molecule has 0 aromatic heterocycles. The number of hydrogen-bond acceptors (Lipinski definition) is 3. The number of nitrogens with one attached hydrogen (secondary N) is 1. The number of nitrogens with two attached hydrogens (primary N) is 1. The van der Waals surface area contributed by atoms with Crippen LogP contribution in [0.3, 0.4) is 0 Å². The number of carboxylic acids is 1. The van der Waals surface area contributed by atoms with Crippen LogP contribution < -0.4 is 11.1 Å². The summed E-state index contributed by atoms with van der Waals surface area (Å²) in [5.41, 5.74) is 6.16. The van der Waals surface area contributed by atoms with Crippen LogP contribution in [0.25, 0.3) is 0 Å². The summed E-state index contributed by atoms with van der Waals surface area (Å²) in [6.45, 7) is 0. The summed E-state index contributed by atoms with van der Waals surface area (Å²) in [7, 11) is 0. The Labute approximate surface area is 145 Å². The molecule has 0 fully saturated rings. The number of benzene rings is 2. The smallest absolute Gasteiger partial charge is 0.322 e. The lowest BCUT2D eigenvalue weighted by Gasteiger charge is -2.28. The zero-order chi connectivity index (χ0) is 17.9. The minimum Gasteiger partial charge on any atom is -0.480 e. The molecule has 1 amide bonds. The maximum absolute atomic E-state index is 12.4. The SMILES string of the molecule is Nc1ccccc1C1(C(=O)O)C=CC(C(=O)Nc2ccccc2)C=C1. The van der Waals surface area contributed by atoms with Crippen molar-refractivity contribution in [3.05, 3.63) is 84.5 Å². The van der Waals surface area contributed by atoms with Crippen LogP contribution in [-0.2, 0) is 15.0 Å². The highest BCUT2D eigenvalue weighted by Crippen LogP contribution is 2.35. The monoisotopic (exact) mass is 334 g/mol. The highest BCUT2D eigenvalue weighted by molar-refractivity contribution is 5.96. The summed E-state index contributed by atoms with van der Waals surface area (Å²) >= 11 is 0. The molecular weight excluding hydrogens is 316 g/mol. The number of carbonyl (C=O) groups excluding carboxylic acids is 1. The largest absolute Gasteiger partial charge is 0.480 e. The summed E-state index contributed by atoms with van der Waals surface area (Å²) in [5.74, 6) is -1.81. The van der Waals surface area contributed by atoms with Gasteiger partial charge in [0.1, 0.15) is 5.41 Å². The Kier molecular flexibility index (Phi) is 4.39. The lowest BCUT2D eigenvalue weighted by Crippen LogP contribution is -2.35. The van der Waals surface area contributed by atoms with Gasteiger partial charge in [-0.25, -0.2) is 0 Å². The third kappa shape index (κ3) is 3.17. The first-order chi connectivity index (χ1) is 12.0. The van der Waals surface area contributed by atoms with Crippen LogP contribution in [0.5, 0.6) is 0 Å². The first-order valence-corrected chi connectivity index (χ1v) is 7.86. The second kappa shape index (κ2) is 6.65. The number of anilines is 2. The predicted molar refractivity (Wildman–Crippen MR) is 97.0 cm³/mol. The lowest BCUT2D eigenvalue weighted by molar-refractivity contribution is -0.140. The van der Waals surface area contributed by atoms with Crippen molar-refractivity contribution in [2.45, 2.75) is 5.41 Å². The van der Waals surface area contributed by atoms with E-state index in [0.29, 0.717) is 16.9 Å². The Bertz CT molecular complexity index is 842. The molecule has 1 aliphatic rings. The molecule has 0 radical (unpaired) electrons. The second-order valence-corrected chi connectivity index (χ2v) is 5.86. The highest BCUT2D eigenvalue weighted by Gasteiger charge is 2.39. The van der Waals surface area contributed by atoms with Crippen molar-refractivity contribution in [1.82, 2.24) is 0 Å². The molecule has 2 aromatic rings. The fourth-order valence-corrected chi connectivity index (χ4v) is 2.86. The van der Waals surface area contributed by atoms with E-state index >= 15 is 0 Å². The Balaban J connectivity index is 1.85. The molecule has 25 heavy (non-hydrogen) atoms. The minimum atomic E-state index is -1.37. The topological polar surface area (TPSA) is 92.4 Å². The molecule has 4 N–H and O–H groups in total. The molecule has 1 aliphatic carbocycles. The van der Waals surface area contributed by atoms with E-state index in [1.807, 2.05) is 18.2 Å².